The molecule has 0 saturated carbocycles. The predicted octanol–water partition coefficient (Wildman–Crippen LogP) is 3.61. The molecule has 0 radical (unpaired) electrons. The largest absolute Gasteiger partial charge is 0.493 e. The van der Waals surface area contributed by atoms with Crippen molar-refractivity contribution < 1.29 is 17.9 Å². The monoisotopic (exact) mass is 524 g/mol. The first-order valence-electron chi connectivity index (χ1n) is 12.4. The second-order valence-corrected chi connectivity index (χ2v) is 11.0. The van der Waals surface area contributed by atoms with Gasteiger partial charge in [0.05, 0.1) is 19.1 Å². The fraction of sp³-hybridized carbons (Fsp3) is 0.357. The summed E-state index contributed by atoms with van der Waals surface area (Å²) < 4.78 is 39.9. The van der Waals surface area contributed by atoms with Crippen LogP contribution < -0.4 is 24.0 Å². The van der Waals surface area contributed by atoms with E-state index in [1.165, 1.54) is 32.0 Å². The molecule has 9 heteroatoms. The molecule has 3 aromatic carbocycles. The summed E-state index contributed by atoms with van der Waals surface area (Å²) in [6, 6.07) is 23.2. The molecule has 0 aromatic heterocycles. The Bertz CT molecular complexity index is 1260. The number of ether oxygens (including phenoxy) is 2. The number of para-hydroxylation sites is 1. The summed E-state index contributed by atoms with van der Waals surface area (Å²) in [7, 11) is 3.26. The zero-order valence-corrected chi connectivity index (χ0v) is 22.7. The Morgan fingerprint density at radius 3 is 2.11 bits per heavy atom. The summed E-state index contributed by atoms with van der Waals surface area (Å²) in [6.45, 7) is 3.65. The Balaban J connectivity index is 1.54. The minimum absolute atomic E-state index is 0.107. The fourth-order valence-corrected chi connectivity index (χ4v) is 5.69. The summed E-state index contributed by atoms with van der Waals surface area (Å²) in [5.74, 6) is 0.856. The minimum Gasteiger partial charge on any atom is -0.493 e. The first kappa shape index (κ1) is 26.8. The molecule has 0 amide bonds. The van der Waals surface area contributed by atoms with Gasteiger partial charge in [-0.3, -0.25) is 4.90 Å². The maximum absolute atomic E-state index is 13.3. The number of sulfonamides is 1. The van der Waals surface area contributed by atoms with Crippen LogP contribution in [0.2, 0.25) is 0 Å². The van der Waals surface area contributed by atoms with E-state index in [1.807, 2.05) is 20.2 Å². The number of methoxy groups -OCH3 is 2. The van der Waals surface area contributed by atoms with Crippen molar-refractivity contribution in [2.45, 2.75) is 10.9 Å². The van der Waals surface area contributed by atoms with Gasteiger partial charge in [0.25, 0.3) is 0 Å². The first-order valence-corrected chi connectivity index (χ1v) is 13.8. The number of nitrogens with zero attached hydrogens (tertiary/aromatic N) is 3. The second kappa shape index (κ2) is 11.9. The molecule has 198 valence electrons. The smallest absolute Gasteiger partial charge is 0.240 e. The van der Waals surface area contributed by atoms with Crippen LogP contribution in [0.5, 0.6) is 11.5 Å². The third-order valence-electron chi connectivity index (χ3n) is 6.80. The van der Waals surface area contributed by atoms with Gasteiger partial charge in [-0.25, -0.2) is 13.1 Å². The third-order valence-corrected chi connectivity index (χ3v) is 8.22. The van der Waals surface area contributed by atoms with E-state index in [9.17, 15) is 8.42 Å². The summed E-state index contributed by atoms with van der Waals surface area (Å²) in [4.78, 5) is 6.93. The lowest BCUT2D eigenvalue weighted by Crippen LogP contribution is -2.49. The summed E-state index contributed by atoms with van der Waals surface area (Å²) >= 11 is 0. The lowest BCUT2D eigenvalue weighted by atomic mass is 10.0. The molecular weight excluding hydrogens is 488 g/mol. The van der Waals surface area contributed by atoms with E-state index in [1.54, 1.807) is 6.07 Å². The van der Waals surface area contributed by atoms with Gasteiger partial charge in [-0.05, 0) is 42.0 Å². The van der Waals surface area contributed by atoms with Gasteiger partial charge >= 0.3 is 0 Å². The van der Waals surface area contributed by atoms with Gasteiger partial charge in [0.2, 0.25) is 10.0 Å². The second-order valence-electron chi connectivity index (χ2n) is 9.23. The van der Waals surface area contributed by atoms with E-state index in [0.29, 0.717) is 11.5 Å². The molecule has 1 aliphatic heterocycles. The van der Waals surface area contributed by atoms with Crippen molar-refractivity contribution in [3.8, 4) is 11.5 Å². The van der Waals surface area contributed by atoms with Crippen LogP contribution in [-0.4, -0.2) is 74.4 Å². The number of piperazine rings is 1. The highest BCUT2D eigenvalue weighted by Gasteiger charge is 2.27. The topological polar surface area (TPSA) is 74.4 Å². The molecule has 1 fully saturated rings. The molecule has 3 aromatic rings. The van der Waals surface area contributed by atoms with Gasteiger partial charge in [-0.1, -0.05) is 30.3 Å². The number of hydrogen-bond acceptors (Lipinski definition) is 7. The van der Waals surface area contributed by atoms with E-state index >= 15 is 0 Å². The average Bonchev–Trinajstić information content (AvgIpc) is 2.93. The summed E-state index contributed by atoms with van der Waals surface area (Å²) in [5.41, 5.74) is 3.39. The van der Waals surface area contributed by atoms with Gasteiger partial charge in [0, 0.05) is 70.3 Å². The lowest BCUT2D eigenvalue weighted by molar-refractivity contribution is 0.187. The Morgan fingerprint density at radius 2 is 1.51 bits per heavy atom. The van der Waals surface area contributed by atoms with E-state index in [-0.39, 0.29) is 17.5 Å². The Hall–Kier alpha value is -3.27. The van der Waals surface area contributed by atoms with E-state index in [0.717, 1.165) is 37.4 Å². The maximum Gasteiger partial charge on any atom is 0.240 e. The van der Waals surface area contributed by atoms with Crippen molar-refractivity contribution in [3.63, 3.8) is 0 Å². The van der Waals surface area contributed by atoms with Crippen LogP contribution in [0.15, 0.2) is 77.7 Å². The molecule has 4 rings (SSSR count). The summed E-state index contributed by atoms with van der Waals surface area (Å²) in [6.07, 6.45) is 0. The van der Waals surface area contributed by atoms with Crippen LogP contribution >= 0.6 is 0 Å². The van der Waals surface area contributed by atoms with Crippen LogP contribution in [0.1, 0.15) is 11.6 Å². The third kappa shape index (κ3) is 6.36. The molecule has 37 heavy (non-hydrogen) atoms. The van der Waals surface area contributed by atoms with Gasteiger partial charge in [0.1, 0.15) is 0 Å². The molecule has 1 N–H and O–H groups in total. The van der Waals surface area contributed by atoms with Crippen molar-refractivity contribution in [1.29, 1.82) is 0 Å². The normalized spacial score (nSPS) is 15.3. The SMILES string of the molecule is COc1ccc(S(=O)(=O)NCC(c2ccc(N(C)C)cc2)N2CCN(c3ccccc3)CC2)cc1OC. The molecule has 8 nitrogen and oxygen atoms in total. The van der Waals surface area contributed by atoms with Gasteiger partial charge < -0.3 is 19.3 Å². The number of rotatable bonds is 10. The van der Waals surface area contributed by atoms with E-state index < -0.39 is 10.0 Å². The van der Waals surface area contributed by atoms with Crippen LogP contribution in [0, 0.1) is 0 Å². The minimum atomic E-state index is -3.77. The number of nitrogens with one attached hydrogen (secondary N) is 1. The highest BCUT2D eigenvalue weighted by atomic mass is 32.2. The van der Waals surface area contributed by atoms with Gasteiger partial charge in [-0.2, -0.15) is 0 Å². The Labute approximate surface area is 220 Å². The molecular formula is C28H36N4O4S. The molecule has 0 spiro atoms. The van der Waals surface area contributed by atoms with Crippen molar-refractivity contribution in [1.82, 2.24) is 9.62 Å². The highest BCUT2D eigenvalue weighted by Crippen LogP contribution is 2.30. The van der Waals surface area contributed by atoms with Crippen LogP contribution in [0.3, 0.4) is 0 Å². The Morgan fingerprint density at radius 1 is 0.865 bits per heavy atom. The summed E-state index contributed by atoms with van der Waals surface area (Å²) in [5, 5.41) is 0. The molecule has 1 aliphatic rings. The van der Waals surface area contributed by atoms with E-state index in [4.69, 9.17) is 9.47 Å². The predicted molar refractivity (Wildman–Crippen MR) is 148 cm³/mol. The maximum atomic E-state index is 13.3. The van der Waals surface area contributed by atoms with Gasteiger partial charge in [0.15, 0.2) is 11.5 Å². The van der Waals surface area contributed by atoms with Crippen molar-refractivity contribution in [2.75, 3.05) is 70.8 Å². The van der Waals surface area contributed by atoms with Crippen molar-refractivity contribution >= 4 is 21.4 Å². The van der Waals surface area contributed by atoms with Crippen LogP contribution in [-0.2, 0) is 10.0 Å². The zero-order chi connectivity index (χ0) is 26.4. The molecule has 1 saturated heterocycles. The van der Waals surface area contributed by atoms with E-state index in [2.05, 4.69) is 68.0 Å². The van der Waals surface area contributed by atoms with Gasteiger partial charge in [-0.15, -0.1) is 0 Å². The highest BCUT2D eigenvalue weighted by molar-refractivity contribution is 7.89. The zero-order valence-electron chi connectivity index (χ0n) is 21.9. The quantitative estimate of drug-likeness (QED) is 0.434. The molecule has 1 atom stereocenters. The number of benzene rings is 3. The molecule has 1 unspecified atom stereocenters. The standard InChI is InChI=1S/C28H36N4O4S/c1-30(2)23-12-10-22(11-13-23)26(32-18-16-31(17-19-32)24-8-6-5-7-9-24)21-29-37(33,34)25-14-15-27(35-3)28(20-25)36-4/h5-15,20,26,29H,16-19,21H2,1-4H3. The van der Waals surface area contributed by atoms with Crippen molar-refractivity contribution in [3.05, 3.63) is 78.4 Å². The fourth-order valence-electron chi connectivity index (χ4n) is 4.64. The first-order chi connectivity index (χ1) is 17.8. The van der Waals surface area contributed by atoms with Crippen LogP contribution in [0.4, 0.5) is 11.4 Å². The Kier molecular flexibility index (Phi) is 8.58. The lowest BCUT2D eigenvalue weighted by Gasteiger charge is -2.40. The number of anilines is 2. The number of hydrogen-bond donors (Lipinski definition) is 1. The molecule has 0 aliphatic carbocycles. The van der Waals surface area contributed by atoms with Crippen LogP contribution in [0.25, 0.3) is 0 Å². The molecule has 0 bridgehead atoms. The van der Waals surface area contributed by atoms with Crippen molar-refractivity contribution in [2.24, 2.45) is 0 Å². The molecule has 1 heterocycles. The average molecular weight is 525 g/mol.